The number of ketones is 1. The molecular weight excluding hydrogens is 660 g/mol. The molecule has 11 heteroatoms. The van der Waals surface area contributed by atoms with E-state index in [1.54, 1.807) is 42.3 Å². The number of benzene rings is 4. The first-order valence-electron chi connectivity index (χ1n) is 17.4. The van der Waals surface area contributed by atoms with Crippen molar-refractivity contribution in [2.24, 2.45) is 4.99 Å². The Bertz CT molecular complexity index is 2180. The van der Waals surface area contributed by atoms with E-state index in [1.165, 1.54) is 20.3 Å². The molecule has 0 bridgehead atoms. The fourth-order valence-electron chi connectivity index (χ4n) is 7.40. The highest BCUT2D eigenvalue weighted by Gasteiger charge is 2.38. The van der Waals surface area contributed by atoms with Crippen molar-refractivity contribution in [3.8, 4) is 23.0 Å². The average molecular weight is 699 g/mol. The molecular formula is C41H38N4O7. The van der Waals surface area contributed by atoms with Gasteiger partial charge in [-0.2, -0.15) is 0 Å². The summed E-state index contributed by atoms with van der Waals surface area (Å²) in [6, 6.07) is 22.5. The zero-order valence-corrected chi connectivity index (χ0v) is 29.2. The van der Waals surface area contributed by atoms with Crippen molar-refractivity contribution in [1.82, 2.24) is 0 Å². The van der Waals surface area contributed by atoms with E-state index in [0.29, 0.717) is 70.5 Å². The summed E-state index contributed by atoms with van der Waals surface area (Å²) in [5.74, 6) is 1.18. The van der Waals surface area contributed by atoms with Gasteiger partial charge in [-0.3, -0.25) is 24.3 Å². The van der Waals surface area contributed by atoms with E-state index in [1.807, 2.05) is 47.4 Å². The molecule has 0 radical (unpaired) electrons. The Kier molecular flexibility index (Phi) is 8.62. The lowest BCUT2D eigenvalue weighted by Crippen LogP contribution is -2.39. The van der Waals surface area contributed by atoms with Gasteiger partial charge in [-0.1, -0.05) is 43.3 Å². The maximum absolute atomic E-state index is 13.9. The number of carbonyl (C=O) groups excluding carboxylic acids is 3. The number of fused-ring (bicyclic) bond motifs is 8. The highest BCUT2D eigenvalue weighted by molar-refractivity contribution is 6.15. The number of hydrogen-bond acceptors (Lipinski definition) is 9. The van der Waals surface area contributed by atoms with Gasteiger partial charge >= 0.3 is 0 Å². The Morgan fingerprint density at radius 3 is 2.12 bits per heavy atom. The van der Waals surface area contributed by atoms with Gasteiger partial charge in [0.05, 0.1) is 48.8 Å². The third-order valence-electron chi connectivity index (χ3n) is 10.0. The molecule has 4 aromatic rings. The van der Waals surface area contributed by atoms with E-state index >= 15 is 0 Å². The number of rotatable bonds is 10. The fraction of sp³-hybridized carbons (Fsp3) is 0.268. The Balaban J connectivity index is 1.02. The smallest absolute Gasteiger partial charge is 0.261 e. The summed E-state index contributed by atoms with van der Waals surface area (Å²) in [5.41, 5.74) is 6.65. The molecule has 0 aliphatic carbocycles. The Hall–Kier alpha value is -6.10. The Morgan fingerprint density at radius 1 is 0.808 bits per heavy atom. The monoisotopic (exact) mass is 698 g/mol. The lowest BCUT2D eigenvalue weighted by atomic mass is 10.1. The maximum Gasteiger partial charge on any atom is 0.261 e. The molecule has 0 saturated heterocycles. The molecule has 4 aliphatic rings. The van der Waals surface area contributed by atoms with Crippen LogP contribution in [0.2, 0.25) is 0 Å². The predicted octanol–water partition coefficient (Wildman–Crippen LogP) is 6.35. The maximum atomic E-state index is 13.9. The van der Waals surface area contributed by atoms with Gasteiger partial charge in [-0.15, -0.1) is 0 Å². The molecule has 4 aromatic carbocycles. The normalized spacial score (nSPS) is 18.2. The van der Waals surface area contributed by atoms with E-state index in [9.17, 15) is 14.4 Å². The van der Waals surface area contributed by atoms with Gasteiger partial charge in [0.2, 0.25) is 0 Å². The third kappa shape index (κ3) is 5.81. The highest BCUT2D eigenvalue weighted by Crippen LogP contribution is 2.42. The third-order valence-corrected chi connectivity index (χ3v) is 10.0. The second-order valence-corrected chi connectivity index (χ2v) is 13.2. The van der Waals surface area contributed by atoms with E-state index < -0.39 is 0 Å². The van der Waals surface area contributed by atoms with Crippen molar-refractivity contribution in [2.45, 2.75) is 38.3 Å². The van der Waals surface area contributed by atoms with Crippen LogP contribution in [0.3, 0.4) is 0 Å². The van der Waals surface area contributed by atoms with Crippen LogP contribution in [0.25, 0.3) is 0 Å². The van der Waals surface area contributed by atoms with Gasteiger partial charge in [-0.05, 0) is 47.9 Å². The quantitative estimate of drug-likeness (QED) is 0.191. The lowest BCUT2D eigenvalue weighted by molar-refractivity contribution is -0.114. The number of hydrogen-bond donors (Lipinski definition) is 1. The minimum Gasteiger partial charge on any atom is -0.493 e. The van der Waals surface area contributed by atoms with Gasteiger partial charge < -0.3 is 29.2 Å². The molecule has 4 aliphatic heterocycles. The van der Waals surface area contributed by atoms with Crippen LogP contribution in [0, 0.1) is 0 Å². The van der Waals surface area contributed by atoms with Gasteiger partial charge in [0.25, 0.3) is 11.8 Å². The number of para-hydroxylation sites is 2. The van der Waals surface area contributed by atoms with Crippen LogP contribution in [0.4, 0.5) is 22.7 Å². The molecule has 0 spiro atoms. The molecule has 8 rings (SSSR count). The largest absolute Gasteiger partial charge is 0.493 e. The van der Waals surface area contributed by atoms with Crippen molar-refractivity contribution in [3.05, 3.63) is 107 Å². The Morgan fingerprint density at radius 2 is 1.42 bits per heavy atom. The van der Waals surface area contributed by atoms with Crippen LogP contribution in [0.5, 0.6) is 23.0 Å². The molecule has 0 saturated carbocycles. The highest BCUT2D eigenvalue weighted by atomic mass is 16.5. The lowest BCUT2D eigenvalue weighted by Gasteiger charge is -2.23. The molecule has 0 fully saturated rings. The molecule has 0 unspecified atom stereocenters. The van der Waals surface area contributed by atoms with Gasteiger partial charge in [-0.25, -0.2) is 0 Å². The predicted molar refractivity (Wildman–Crippen MR) is 198 cm³/mol. The fourth-order valence-corrected chi connectivity index (χ4v) is 7.40. The number of carbonyl (C=O) groups is 3. The van der Waals surface area contributed by atoms with Crippen molar-refractivity contribution >= 4 is 46.6 Å². The van der Waals surface area contributed by atoms with Crippen LogP contribution in [0.15, 0.2) is 89.4 Å². The zero-order valence-electron chi connectivity index (χ0n) is 29.2. The molecule has 4 heterocycles. The first-order chi connectivity index (χ1) is 25.4. The van der Waals surface area contributed by atoms with Crippen LogP contribution < -0.4 is 34.1 Å². The topological polar surface area (TPSA) is 119 Å². The van der Waals surface area contributed by atoms with Crippen molar-refractivity contribution in [3.63, 3.8) is 0 Å². The first kappa shape index (κ1) is 33.1. The van der Waals surface area contributed by atoms with Crippen LogP contribution in [0.1, 0.15) is 45.2 Å². The summed E-state index contributed by atoms with van der Waals surface area (Å²) in [4.78, 5) is 48.7. The first-order valence-corrected chi connectivity index (χ1v) is 17.4. The van der Waals surface area contributed by atoms with Crippen LogP contribution in [-0.2, 0) is 17.6 Å². The zero-order chi connectivity index (χ0) is 35.9. The number of methoxy groups -OCH3 is 2. The number of nitrogens with one attached hydrogen (secondary N) is 1. The second kappa shape index (κ2) is 13.6. The summed E-state index contributed by atoms with van der Waals surface area (Å²) in [7, 11) is 3.04. The summed E-state index contributed by atoms with van der Waals surface area (Å²) in [6.07, 6.45) is 5.09. The molecule has 264 valence electrons. The minimum absolute atomic E-state index is 0.000708. The summed E-state index contributed by atoms with van der Waals surface area (Å²) in [5, 5.41) is 3.45. The second-order valence-electron chi connectivity index (χ2n) is 13.2. The standard InChI is InChI=1S/C41H38N4O7/c1-4-29(46)13-24(22-51-38-18-32-30(16-36(38)49-2)40(47)44-27(20-42-32)14-25-9-5-7-11-34(25)44)23-52-39-19-33-31(17-37(39)50-3)41(48)45-28(21-43-33)15-26-10-6-8-12-35(26)45/h5-13,16-20,27-28,43H,4,14-15,21-23H2,1-3H3/b24-13-/t27-,28-/m0/s1. The molecule has 2 atom stereocenters. The Labute approximate surface area is 301 Å². The minimum atomic E-state index is -0.188. The molecule has 1 N–H and O–H groups in total. The van der Waals surface area contributed by atoms with E-state index in [0.717, 1.165) is 28.9 Å². The van der Waals surface area contributed by atoms with E-state index in [4.69, 9.17) is 23.9 Å². The molecule has 11 nitrogen and oxygen atoms in total. The number of anilines is 3. The summed E-state index contributed by atoms with van der Waals surface area (Å²) in [6.45, 7) is 2.37. The van der Waals surface area contributed by atoms with Crippen molar-refractivity contribution in [1.29, 1.82) is 0 Å². The number of nitrogens with zero attached hydrogens (tertiary/aromatic N) is 3. The van der Waals surface area contributed by atoms with Gasteiger partial charge in [0.15, 0.2) is 28.8 Å². The molecule has 2 amide bonds. The van der Waals surface area contributed by atoms with E-state index in [2.05, 4.69) is 11.4 Å². The van der Waals surface area contributed by atoms with Crippen LogP contribution >= 0.6 is 0 Å². The number of aliphatic imine (C=N–C) groups is 1. The number of ether oxygens (including phenoxy) is 4. The summed E-state index contributed by atoms with van der Waals surface area (Å²) < 4.78 is 23.9. The van der Waals surface area contributed by atoms with Crippen LogP contribution in [-0.4, -0.2) is 69.9 Å². The van der Waals surface area contributed by atoms with Gasteiger partial charge in [0, 0.05) is 54.7 Å². The summed E-state index contributed by atoms with van der Waals surface area (Å²) >= 11 is 0. The molecule has 52 heavy (non-hydrogen) atoms. The molecule has 0 aromatic heterocycles. The van der Waals surface area contributed by atoms with Crippen molar-refractivity contribution in [2.75, 3.05) is 49.1 Å². The SMILES string of the molecule is CCC(=O)/C=C(/COc1cc2c(cc1OC)C(=O)N1c3ccccc3C[C@H]1C=N2)COc1cc2c(cc1OC)C(=O)N1c3ccccc3C[C@H]1CN2. The van der Waals surface area contributed by atoms with E-state index in [-0.39, 0.29) is 42.9 Å². The number of amides is 2. The number of allylic oxidation sites excluding steroid dienone is 1. The van der Waals surface area contributed by atoms with Gasteiger partial charge in [0.1, 0.15) is 13.2 Å². The average Bonchev–Trinajstić information content (AvgIpc) is 3.66. The van der Waals surface area contributed by atoms with Crippen molar-refractivity contribution < 1.29 is 33.3 Å².